The Kier molecular flexibility index (Phi) is 1.25. The van der Waals surface area contributed by atoms with Crippen molar-refractivity contribution in [2.45, 2.75) is 42.1 Å². The Morgan fingerprint density at radius 3 is 1.92 bits per heavy atom. The Labute approximate surface area is 89.5 Å². The molecule has 12 heavy (non-hydrogen) atoms. The van der Waals surface area contributed by atoms with Crippen molar-refractivity contribution in [1.29, 1.82) is 0 Å². The molecule has 1 aliphatic heterocycles. The lowest BCUT2D eigenvalue weighted by Crippen LogP contribution is -2.19. The number of ether oxygens (including phenoxy) is 1. The van der Waals surface area contributed by atoms with Crippen LogP contribution in [0.15, 0.2) is 0 Å². The maximum atomic E-state index is 5.56. The third-order valence-corrected chi connectivity index (χ3v) is 7.95. The molecule has 3 fully saturated rings. The van der Waals surface area contributed by atoms with E-state index in [2.05, 4.69) is 45.7 Å². The van der Waals surface area contributed by atoms with Crippen molar-refractivity contribution in [2.24, 2.45) is 10.8 Å². The normalized spacial score (nSPS) is 65.0. The molecule has 68 valence electrons. The molecule has 0 spiro atoms. The van der Waals surface area contributed by atoms with E-state index in [9.17, 15) is 0 Å². The number of hydrogen-bond acceptors (Lipinski definition) is 1. The van der Waals surface area contributed by atoms with Gasteiger partial charge in [-0.25, -0.2) is 0 Å². The highest BCUT2D eigenvalue weighted by Crippen LogP contribution is 2.86. The van der Waals surface area contributed by atoms with E-state index < -0.39 is 0 Å². The lowest BCUT2D eigenvalue weighted by molar-refractivity contribution is 0.309. The minimum absolute atomic E-state index is 0.177. The van der Waals surface area contributed by atoms with Crippen LogP contribution < -0.4 is 0 Å². The molecule has 1 saturated heterocycles. The quantitative estimate of drug-likeness (QED) is 0.494. The average molecular weight is 296 g/mol. The molecule has 3 heteroatoms. The zero-order chi connectivity index (χ0) is 8.78. The van der Waals surface area contributed by atoms with E-state index in [1.54, 1.807) is 0 Å². The van der Waals surface area contributed by atoms with Gasteiger partial charge in [0.2, 0.25) is 0 Å². The van der Waals surface area contributed by atoms with Gasteiger partial charge in [-0.3, -0.25) is 0 Å². The van der Waals surface area contributed by atoms with Crippen molar-refractivity contribution in [1.82, 2.24) is 0 Å². The van der Waals surface area contributed by atoms with E-state index in [4.69, 9.17) is 4.74 Å². The van der Waals surface area contributed by atoms with E-state index in [-0.39, 0.29) is 3.23 Å². The van der Waals surface area contributed by atoms with Crippen LogP contribution in [0, 0.1) is 10.8 Å². The smallest absolute Gasteiger partial charge is 0.0925 e. The average Bonchev–Trinajstić information content (AvgIpc) is 2.72. The third kappa shape index (κ3) is 0.612. The first-order valence-corrected chi connectivity index (χ1v) is 6.04. The molecule has 1 nitrogen and oxygen atoms in total. The first-order valence-electron chi connectivity index (χ1n) is 4.46. The van der Waals surface area contributed by atoms with Gasteiger partial charge < -0.3 is 4.74 Å². The number of halogens is 2. The largest absolute Gasteiger partial charge is 0.370 e. The summed E-state index contributed by atoms with van der Waals surface area (Å²) >= 11 is 7.60. The van der Waals surface area contributed by atoms with Crippen LogP contribution in [0.5, 0.6) is 0 Å². The fourth-order valence-corrected chi connectivity index (χ4v) is 5.20. The number of rotatable bonds is 0. The molecule has 0 aromatic heterocycles. The highest BCUT2D eigenvalue weighted by Gasteiger charge is 2.84. The minimum atomic E-state index is 0.177. The van der Waals surface area contributed by atoms with Crippen molar-refractivity contribution in [2.75, 3.05) is 0 Å². The molecule has 3 rings (SSSR count). The van der Waals surface area contributed by atoms with Gasteiger partial charge in [-0.2, -0.15) is 0 Å². The van der Waals surface area contributed by atoms with Crippen LogP contribution >= 0.6 is 31.9 Å². The zero-order valence-electron chi connectivity index (χ0n) is 7.23. The molecule has 2 aliphatic carbocycles. The van der Waals surface area contributed by atoms with Gasteiger partial charge in [-0.15, -0.1) is 0 Å². The summed E-state index contributed by atoms with van der Waals surface area (Å²) in [7, 11) is 0. The second kappa shape index (κ2) is 1.82. The van der Waals surface area contributed by atoms with Gasteiger partial charge in [0.25, 0.3) is 0 Å². The fraction of sp³-hybridized carbons (Fsp3) is 1.00. The van der Waals surface area contributed by atoms with Gasteiger partial charge in [0.05, 0.1) is 15.4 Å². The SMILES string of the molecule is C[C@]12C[C@@H]3O[C@H]3C[C@]1(C)C2(Br)Br. The van der Waals surface area contributed by atoms with E-state index in [1.807, 2.05) is 0 Å². The highest BCUT2D eigenvalue weighted by atomic mass is 79.9. The van der Waals surface area contributed by atoms with Crippen LogP contribution in [-0.4, -0.2) is 15.4 Å². The summed E-state index contributed by atoms with van der Waals surface area (Å²) in [6.07, 6.45) is 3.56. The Morgan fingerprint density at radius 1 is 1.08 bits per heavy atom. The Hall–Kier alpha value is 0.920. The summed E-state index contributed by atoms with van der Waals surface area (Å²) in [4.78, 5) is 0. The Morgan fingerprint density at radius 2 is 1.50 bits per heavy atom. The molecule has 3 aliphatic rings. The minimum Gasteiger partial charge on any atom is -0.370 e. The Balaban J connectivity index is 2.00. The van der Waals surface area contributed by atoms with Gasteiger partial charge in [0.15, 0.2) is 0 Å². The zero-order valence-corrected chi connectivity index (χ0v) is 10.4. The van der Waals surface area contributed by atoms with Crippen molar-refractivity contribution >= 4 is 31.9 Å². The van der Waals surface area contributed by atoms with Crippen molar-refractivity contribution < 1.29 is 4.74 Å². The van der Waals surface area contributed by atoms with Crippen molar-refractivity contribution in [3.05, 3.63) is 0 Å². The maximum Gasteiger partial charge on any atom is 0.0925 e. The standard InChI is InChI=1S/C9H12Br2O/c1-7-3-5-6(12-5)4-8(7,2)9(7,10)11/h5-6H,3-4H2,1-2H3/t5-,6-,7-,8-/m0/s1. The lowest BCUT2D eigenvalue weighted by Gasteiger charge is -2.19. The van der Waals surface area contributed by atoms with Crippen LogP contribution in [-0.2, 0) is 4.74 Å². The molecule has 0 aromatic carbocycles. The Bertz CT molecular complexity index is 241. The predicted octanol–water partition coefficient (Wildman–Crippen LogP) is 3.06. The second-order valence-electron chi connectivity index (χ2n) is 4.86. The van der Waals surface area contributed by atoms with Crippen molar-refractivity contribution in [3.63, 3.8) is 0 Å². The molecule has 4 atom stereocenters. The summed E-state index contributed by atoms with van der Waals surface area (Å²) in [5.74, 6) is 0. The number of epoxide rings is 1. The molecular formula is C9H12Br2O. The molecule has 0 aromatic rings. The van der Waals surface area contributed by atoms with Gasteiger partial charge in [-0.1, -0.05) is 45.7 Å². The van der Waals surface area contributed by atoms with Crippen LogP contribution in [0.1, 0.15) is 26.7 Å². The number of fused-ring (bicyclic) bond motifs is 2. The van der Waals surface area contributed by atoms with Crippen LogP contribution in [0.4, 0.5) is 0 Å². The van der Waals surface area contributed by atoms with Gasteiger partial charge in [0.1, 0.15) is 0 Å². The summed E-state index contributed by atoms with van der Waals surface area (Å²) in [6.45, 7) is 4.71. The fourth-order valence-electron chi connectivity index (χ4n) is 3.00. The van der Waals surface area contributed by atoms with Gasteiger partial charge >= 0.3 is 0 Å². The maximum absolute atomic E-state index is 5.56. The van der Waals surface area contributed by atoms with Crippen LogP contribution in [0.25, 0.3) is 0 Å². The molecule has 0 bridgehead atoms. The summed E-state index contributed by atoms with van der Waals surface area (Å²) < 4.78 is 5.74. The molecule has 2 saturated carbocycles. The monoisotopic (exact) mass is 294 g/mol. The molecule has 0 unspecified atom stereocenters. The van der Waals surface area contributed by atoms with E-state index in [0.717, 1.165) is 0 Å². The van der Waals surface area contributed by atoms with Crippen LogP contribution in [0.2, 0.25) is 0 Å². The number of alkyl halides is 2. The summed E-state index contributed by atoms with van der Waals surface area (Å²) in [5.41, 5.74) is 0.801. The first kappa shape index (κ1) is 8.25. The first-order chi connectivity index (χ1) is 5.42. The molecule has 0 radical (unpaired) electrons. The molecule has 1 heterocycles. The van der Waals surface area contributed by atoms with E-state index >= 15 is 0 Å². The summed E-state index contributed by atoms with van der Waals surface area (Å²) in [6, 6.07) is 0. The molecule has 0 N–H and O–H groups in total. The van der Waals surface area contributed by atoms with Crippen molar-refractivity contribution in [3.8, 4) is 0 Å². The lowest BCUT2D eigenvalue weighted by atomic mass is 9.82. The highest BCUT2D eigenvalue weighted by molar-refractivity contribution is 9.25. The van der Waals surface area contributed by atoms with Gasteiger partial charge in [0, 0.05) is 10.8 Å². The van der Waals surface area contributed by atoms with Crippen LogP contribution in [0.3, 0.4) is 0 Å². The number of hydrogen-bond donors (Lipinski definition) is 0. The van der Waals surface area contributed by atoms with E-state index in [1.165, 1.54) is 12.8 Å². The molecule has 0 amide bonds. The molecular weight excluding hydrogens is 284 g/mol. The topological polar surface area (TPSA) is 12.5 Å². The predicted molar refractivity (Wildman–Crippen MR) is 54.7 cm³/mol. The van der Waals surface area contributed by atoms with E-state index in [0.29, 0.717) is 23.0 Å². The summed E-state index contributed by atoms with van der Waals surface area (Å²) in [5, 5.41) is 0. The second-order valence-corrected chi connectivity index (χ2v) is 8.30. The van der Waals surface area contributed by atoms with Gasteiger partial charge in [-0.05, 0) is 12.8 Å². The third-order valence-electron chi connectivity index (χ3n) is 4.45.